The van der Waals surface area contributed by atoms with E-state index in [9.17, 15) is 20.0 Å². The van der Waals surface area contributed by atoms with Crippen molar-refractivity contribution in [3.8, 4) is 6.07 Å². The van der Waals surface area contributed by atoms with Crippen LogP contribution in [0.4, 0.5) is 5.82 Å². The number of β-amino-alcohol motifs (C(OH)–C–C–N with tert-alkyl or cyclic N) is 1. The molecule has 0 radical (unpaired) electrons. The lowest BCUT2D eigenvalue weighted by Crippen LogP contribution is -2.49. The Kier molecular flexibility index (Phi) is 6.98. The second-order valence-electron chi connectivity index (χ2n) is 7.19. The Labute approximate surface area is 185 Å². The van der Waals surface area contributed by atoms with E-state index in [1.54, 1.807) is 24.6 Å². The number of hydrogen-bond donors (Lipinski definition) is 1. The van der Waals surface area contributed by atoms with Gasteiger partial charge in [-0.25, -0.2) is 0 Å². The number of likely N-dealkylation sites (N-methyl/N-ethyl adjacent to an activating group) is 1. The highest BCUT2D eigenvalue weighted by molar-refractivity contribution is 8.26. The van der Waals surface area contributed by atoms with Crippen molar-refractivity contribution in [2.45, 2.75) is 20.4 Å². The third-order valence-electron chi connectivity index (χ3n) is 5.51. The van der Waals surface area contributed by atoms with Gasteiger partial charge in [0.25, 0.3) is 11.5 Å². The van der Waals surface area contributed by atoms with Gasteiger partial charge in [-0.1, -0.05) is 24.0 Å². The zero-order valence-electron chi connectivity index (χ0n) is 17.3. The number of thioether (sulfide) groups is 1. The molecule has 0 bridgehead atoms. The summed E-state index contributed by atoms with van der Waals surface area (Å²) in [6.07, 6.45) is 1.76. The van der Waals surface area contributed by atoms with Crippen LogP contribution >= 0.6 is 24.0 Å². The van der Waals surface area contributed by atoms with Crippen LogP contribution in [0.5, 0.6) is 0 Å². The minimum Gasteiger partial charge on any atom is -0.395 e. The summed E-state index contributed by atoms with van der Waals surface area (Å²) in [5.74, 6) is 0.542. The van der Waals surface area contributed by atoms with Crippen LogP contribution in [0, 0.1) is 18.3 Å². The second-order valence-corrected chi connectivity index (χ2v) is 8.87. The molecule has 8 nitrogen and oxygen atoms in total. The van der Waals surface area contributed by atoms with E-state index in [-0.39, 0.29) is 23.6 Å². The smallest absolute Gasteiger partial charge is 0.270 e. The third-order valence-corrected chi connectivity index (χ3v) is 7.00. The van der Waals surface area contributed by atoms with Gasteiger partial charge in [-0.2, -0.15) is 5.26 Å². The first kappa shape index (κ1) is 22.5. The van der Waals surface area contributed by atoms with E-state index >= 15 is 0 Å². The number of amides is 1. The van der Waals surface area contributed by atoms with Crippen LogP contribution in [-0.2, 0) is 11.3 Å². The number of carbonyl (C=O) groups is 1. The maximum atomic E-state index is 13.0. The van der Waals surface area contributed by atoms with Gasteiger partial charge in [-0.3, -0.25) is 24.0 Å². The van der Waals surface area contributed by atoms with Crippen LogP contribution in [-0.4, -0.2) is 76.1 Å². The number of carbonyl (C=O) groups excluding carboxylic acids is 1. The molecule has 0 aromatic carbocycles. The van der Waals surface area contributed by atoms with E-state index < -0.39 is 0 Å². The van der Waals surface area contributed by atoms with Gasteiger partial charge in [0, 0.05) is 51.9 Å². The zero-order valence-corrected chi connectivity index (χ0v) is 19.0. The number of thiocarbonyl (C=S) groups is 1. The molecule has 160 valence electrons. The Hall–Kier alpha value is -2.19. The van der Waals surface area contributed by atoms with Gasteiger partial charge in [0.2, 0.25) is 0 Å². The van der Waals surface area contributed by atoms with E-state index in [0.29, 0.717) is 46.5 Å². The minimum atomic E-state index is -0.314. The van der Waals surface area contributed by atoms with Crippen LogP contribution in [0.3, 0.4) is 0 Å². The lowest BCUT2D eigenvalue weighted by molar-refractivity contribution is -0.121. The van der Waals surface area contributed by atoms with E-state index in [1.165, 1.54) is 16.7 Å². The molecule has 0 saturated carbocycles. The molecule has 1 amide bonds. The fourth-order valence-corrected chi connectivity index (χ4v) is 4.94. The molecule has 0 unspecified atom stereocenters. The van der Waals surface area contributed by atoms with Crippen molar-refractivity contribution in [1.29, 1.82) is 5.26 Å². The molecule has 2 fully saturated rings. The van der Waals surface area contributed by atoms with Crippen molar-refractivity contribution >= 4 is 46.1 Å². The summed E-state index contributed by atoms with van der Waals surface area (Å²) in [5, 5.41) is 18.8. The number of nitrogens with zero attached hydrogens (tertiary/aromatic N) is 5. The fourth-order valence-electron chi connectivity index (χ4n) is 3.78. The number of aromatic nitrogens is 1. The first-order valence-corrected chi connectivity index (χ1v) is 11.0. The quantitative estimate of drug-likeness (QED) is 0.528. The highest BCUT2D eigenvalue weighted by Crippen LogP contribution is 2.35. The molecular formula is C20H25N5O3S2. The molecule has 0 atom stereocenters. The summed E-state index contributed by atoms with van der Waals surface area (Å²) in [4.78, 5) is 31.8. The van der Waals surface area contributed by atoms with E-state index in [2.05, 4.69) is 9.80 Å². The van der Waals surface area contributed by atoms with Gasteiger partial charge in [-0.05, 0) is 25.5 Å². The molecule has 1 aromatic rings. The van der Waals surface area contributed by atoms with Crippen molar-refractivity contribution in [2.75, 3.05) is 51.3 Å². The van der Waals surface area contributed by atoms with Crippen molar-refractivity contribution in [3.63, 3.8) is 0 Å². The molecule has 1 aromatic heterocycles. The van der Waals surface area contributed by atoms with Gasteiger partial charge in [0.15, 0.2) is 0 Å². The molecule has 0 aliphatic carbocycles. The number of anilines is 1. The molecule has 1 N–H and O–H groups in total. The summed E-state index contributed by atoms with van der Waals surface area (Å²) in [6.45, 7) is 7.65. The first-order chi connectivity index (χ1) is 14.3. The first-order valence-electron chi connectivity index (χ1n) is 9.81. The lowest BCUT2D eigenvalue weighted by Gasteiger charge is -2.37. The Morgan fingerprint density at radius 1 is 1.27 bits per heavy atom. The van der Waals surface area contributed by atoms with Crippen LogP contribution in [0.15, 0.2) is 9.70 Å². The van der Waals surface area contributed by atoms with Crippen molar-refractivity contribution < 1.29 is 9.90 Å². The van der Waals surface area contributed by atoms with Gasteiger partial charge in [0.05, 0.1) is 11.5 Å². The largest absolute Gasteiger partial charge is 0.395 e. The number of nitriles is 1. The molecule has 2 saturated heterocycles. The molecule has 3 heterocycles. The van der Waals surface area contributed by atoms with Crippen LogP contribution in [0.25, 0.3) is 6.08 Å². The van der Waals surface area contributed by atoms with Gasteiger partial charge >= 0.3 is 0 Å². The van der Waals surface area contributed by atoms with E-state index in [4.69, 9.17) is 12.2 Å². The maximum Gasteiger partial charge on any atom is 0.270 e. The number of aliphatic hydroxyl groups excluding tert-OH is 1. The molecule has 10 heteroatoms. The molecular weight excluding hydrogens is 422 g/mol. The van der Waals surface area contributed by atoms with Gasteiger partial charge in [-0.15, -0.1) is 0 Å². The summed E-state index contributed by atoms with van der Waals surface area (Å²) in [6, 6.07) is 2.04. The van der Waals surface area contributed by atoms with Crippen molar-refractivity contribution in [3.05, 3.63) is 31.9 Å². The SMILES string of the molecule is CCn1c(N2CCN(CCO)CC2)c(C=C2SC(=S)N(C)C2=O)c(C)c(C#N)c1=O. The minimum absolute atomic E-state index is 0.0951. The summed E-state index contributed by atoms with van der Waals surface area (Å²) in [7, 11) is 1.64. The normalized spacial score (nSPS) is 19.1. The van der Waals surface area contributed by atoms with E-state index in [1.807, 2.05) is 13.0 Å². The molecule has 2 aliphatic heterocycles. The number of rotatable bonds is 5. The predicted molar refractivity (Wildman–Crippen MR) is 123 cm³/mol. The third kappa shape index (κ3) is 4.03. The fraction of sp³-hybridized carbons (Fsp3) is 0.500. The summed E-state index contributed by atoms with van der Waals surface area (Å²) in [5.41, 5.74) is 1.06. The Morgan fingerprint density at radius 3 is 2.43 bits per heavy atom. The lowest BCUT2D eigenvalue weighted by atomic mass is 10.0. The topological polar surface area (TPSA) is 92.8 Å². The Balaban J connectivity index is 2.16. The Bertz CT molecular complexity index is 1000. The molecule has 30 heavy (non-hydrogen) atoms. The number of piperazine rings is 1. The van der Waals surface area contributed by atoms with Crippen LogP contribution in [0.2, 0.25) is 0 Å². The average Bonchev–Trinajstić information content (AvgIpc) is 2.97. The molecule has 2 aliphatic rings. The number of hydrogen-bond acceptors (Lipinski definition) is 8. The molecule has 3 rings (SSSR count). The highest BCUT2D eigenvalue weighted by Gasteiger charge is 2.31. The number of aliphatic hydroxyl groups is 1. The highest BCUT2D eigenvalue weighted by atomic mass is 32.2. The maximum absolute atomic E-state index is 13.0. The van der Waals surface area contributed by atoms with E-state index in [0.717, 1.165) is 18.9 Å². The molecule has 0 spiro atoms. The number of pyridine rings is 1. The van der Waals surface area contributed by atoms with Crippen LogP contribution < -0.4 is 10.5 Å². The summed E-state index contributed by atoms with van der Waals surface area (Å²) < 4.78 is 2.10. The predicted octanol–water partition coefficient (Wildman–Crippen LogP) is 0.994. The van der Waals surface area contributed by atoms with Gasteiger partial charge < -0.3 is 10.0 Å². The monoisotopic (exact) mass is 447 g/mol. The standard InChI is InChI=1S/C20H25N5O3S2/c1-4-25-17(24-7-5-23(6-8-24)9-10-26)14(13(2)15(12-21)18(25)27)11-16-19(28)22(3)20(29)30-16/h11,26H,4-10H2,1-3H3. The van der Waals surface area contributed by atoms with Crippen LogP contribution in [0.1, 0.15) is 23.6 Å². The Morgan fingerprint density at radius 2 is 1.93 bits per heavy atom. The average molecular weight is 448 g/mol. The second kappa shape index (κ2) is 9.31. The van der Waals surface area contributed by atoms with Crippen molar-refractivity contribution in [1.82, 2.24) is 14.4 Å². The zero-order chi connectivity index (χ0) is 22.0. The van der Waals surface area contributed by atoms with Crippen molar-refractivity contribution in [2.24, 2.45) is 0 Å². The van der Waals surface area contributed by atoms with Gasteiger partial charge in [0.1, 0.15) is 21.8 Å². The summed E-state index contributed by atoms with van der Waals surface area (Å²) >= 11 is 6.46.